The maximum absolute atomic E-state index is 13.2. The van der Waals surface area contributed by atoms with Crippen molar-refractivity contribution < 1.29 is 31.5 Å². The van der Waals surface area contributed by atoms with E-state index in [-0.39, 0.29) is 31.5 Å². The van der Waals surface area contributed by atoms with Crippen LogP contribution in [-0.4, -0.2) is 29.0 Å². The highest BCUT2D eigenvalue weighted by atomic mass is 35.5. The van der Waals surface area contributed by atoms with Crippen LogP contribution in [-0.2, 0) is 27.4 Å². The Bertz CT molecular complexity index is 1190. The number of alkyl halides is 3. The van der Waals surface area contributed by atoms with Crippen LogP contribution in [0.2, 0.25) is 5.15 Å². The topological polar surface area (TPSA) is 89.3 Å². The van der Waals surface area contributed by atoms with Gasteiger partial charge in [-0.3, -0.25) is 4.79 Å². The van der Waals surface area contributed by atoms with Crippen molar-refractivity contribution in [2.24, 2.45) is 0 Å². The molecule has 0 fully saturated rings. The van der Waals surface area contributed by atoms with Gasteiger partial charge in [0, 0.05) is 11.9 Å². The van der Waals surface area contributed by atoms with Gasteiger partial charge in [-0.1, -0.05) is 11.6 Å². The van der Waals surface area contributed by atoms with Gasteiger partial charge < -0.3 is 9.67 Å². The molecular weight excluding hydrogens is 421 g/mol. The van der Waals surface area contributed by atoms with Gasteiger partial charge in [0.2, 0.25) is 9.84 Å². The van der Waals surface area contributed by atoms with Crippen molar-refractivity contribution in [2.75, 3.05) is 0 Å². The second-order valence-corrected chi connectivity index (χ2v) is 8.16. The van der Waals surface area contributed by atoms with Crippen LogP contribution in [0.3, 0.4) is 0 Å². The number of carboxylic acids is 1. The molecule has 28 heavy (non-hydrogen) atoms. The maximum atomic E-state index is 13.2. The van der Waals surface area contributed by atoms with Crippen LogP contribution in [0, 0.1) is 6.92 Å². The van der Waals surface area contributed by atoms with Gasteiger partial charge in [-0.25, -0.2) is 13.4 Å². The number of fused-ring (bicyclic) bond motifs is 1. The Balaban J connectivity index is 2.28. The van der Waals surface area contributed by atoms with E-state index in [0.717, 1.165) is 12.1 Å². The summed E-state index contributed by atoms with van der Waals surface area (Å²) in [5, 5.41) is 8.99. The third-order valence-corrected chi connectivity index (χ3v) is 6.40. The zero-order valence-corrected chi connectivity index (χ0v) is 15.7. The van der Waals surface area contributed by atoms with E-state index in [9.17, 15) is 26.4 Å². The van der Waals surface area contributed by atoms with E-state index in [4.69, 9.17) is 16.7 Å². The Kier molecular flexibility index (Phi) is 4.88. The van der Waals surface area contributed by atoms with E-state index in [0.29, 0.717) is 12.1 Å². The van der Waals surface area contributed by atoms with Crippen molar-refractivity contribution >= 4 is 38.3 Å². The first-order valence-corrected chi connectivity index (χ1v) is 9.58. The fourth-order valence-corrected chi connectivity index (χ4v) is 4.96. The SMILES string of the molecule is Cc1c(S(=O)(=O)c2ccc(C(F)(F)F)cc2)c2c(Cl)nccc2n1CC(=O)O. The molecule has 1 N–H and O–H groups in total. The highest BCUT2D eigenvalue weighted by Crippen LogP contribution is 2.37. The van der Waals surface area contributed by atoms with Crippen LogP contribution < -0.4 is 0 Å². The zero-order chi connectivity index (χ0) is 20.9. The molecule has 0 bridgehead atoms. The Hall–Kier alpha value is -2.59. The molecule has 0 atom stereocenters. The molecule has 2 heterocycles. The average Bonchev–Trinajstić information content (AvgIpc) is 2.88. The number of carboxylic acid groups (broad SMARTS) is 1. The second-order valence-electron chi connectivity index (χ2n) is 5.92. The van der Waals surface area contributed by atoms with Gasteiger partial charge in [-0.2, -0.15) is 13.2 Å². The summed E-state index contributed by atoms with van der Waals surface area (Å²) in [6.45, 7) is 0.876. The Morgan fingerprint density at radius 2 is 1.82 bits per heavy atom. The number of hydrogen-bond donors (Lipinski definition) is 1. The summed E-state index contributed by atoms with van der Waals surface area (Å²) in [6, 6.07) is 4.45. The molecule has 0 aliphatic carbocycles. The highest BCUT2D eigenvalue weighted by molar-refractivity contribution is 7.91. The van der Waals surface area contributed by atoms with Crippen molar-refractivity contribution in [3.63, 3.8) is 0 Å². The van der Waals surface area contributed by atoms with Crippen LogP contribution in [0.5, 0.6) is 0 Å². The van der Waals surface area contributed by atoms with Gasteiger partial charge >= 0.3 is 12.1 Å². The lowest BCUT2D eigenvalue weighted by Crippen LogP contribution is -2.11. The minimum atomic E-state index is -4.61. The van der Waals surface area contributed by atoms with Crippen LogP contribution in [0.4, 0.5) is 13.2 Å². The smallest absolute Gasteiger partial charge is 0.416 e. The highest BCUT2D eigenvalue weighted by Gasteiger charge is 2.33. The van der Waals surface area contributed by atoms with Crippen molar-refractivity contribution in [3.8, 4) is 0 Å². The lowest BCUT2D eigenvalue weighted by atomic mass is 10.2. The van der Waals surface area contributed by atoms with Crippen LogP contribution in [0.15, 0.2) is 46.3 Å². The van der Waals surface area contributed by atoms with E-state index in [2.05, 4.69) is 4.98 Å². The van der Waals surface area contributed by atoms with Crippen molar-refractivity contribution in [1.29, 1.82) is 0 Å². The number of benzene rings is 1. The first kappa shape index (κ1) is 20.2. The molecule has 0 radical (unpaired) electrons. The van der Waals surface area contributed by atoms with Gasteiger partial charge in [-0.15, -0.1) is 0 Å². The number of pyridine rings is 1. The first-order valence-electron chi connectivity index (χ1n) is 7.72. The summed E-state index contributed by atoms with van der Waals surface area (Å²) in [6.07, 6.45) is -3.31. The third kappa shape index (κ3) is 3.33. The number of sulfone groups is 1. The predicted molar refractivity (Wildman–Crippen MR) is 94.0 cm³/mol. The zero-order valence-electron chi connectivity index (χ0n) is 14.2. The van der Waals surface area contributed by atoms with Crippen molar-refractivity contribution in [2.45, 2.75) is 29.4 Å². The lowest BCUT2D eigenvalue weighted by molar-refractivity contribution is -0.138. The molecule has 11 heteroatoms. The molecule has 148 valence electrons. The molecule has 1 aromatic carbocycles. The summed E-state index contributed by atoms with van der Waals surface area (Å²) in [5.74, 6) is -1.20. The average molecular weight is 433 g/mol. The summed E-state index contributed by atoms with van der Waals surface area (Å²) >= 11 is 6.08. The Morgan fingerprint density at radius 3 is 2.36 bits per heavy atom. The monoisotopic (exact) mass is 432 g/mol. The molecule has 0 spiro atoms. The summed E-state index contributed by atoms with van der Waals surface area (Å²) in [4.78, 5) is 14.4. The van der Waals surface area contributed by atoms with E-state index in [1.165, 1.54) is 23.8 Å². The molecule has 3 aromatic rings. The summed E-state index contributed by atoms with van der Waals surface area (Å²) < 4.78 is 65.8. The molecule has 0 aliphatic rings. The molecule has 0 aliphatic heterocycles. The van der Waals surface area contributed by atoms with E-state index in [1.54, 1.807) is 0 Å². The van der Waals surface area contributed by atoms with Gasteiger partial charge in [0.05, 0.1) is 21.4 Å². The molecule has 2 aromatic heterocycles. The minimum Gasteiger partial charge on any atom is -0.480 e. The number of aromatic nitrogens is 2. The van der Waals surface area contributed by atoms with Gasteiger partial charge in [0.15, 0.2) is 0 Å². The summed E-state index contributed by atoms with van der Waals surface area (Å²) in [7, 11) is -4.30. The number of rotatable bonds is 4. The Morgan fingerprint density at radius 1 is 1.21 bits per heavy atom. The number of aliphatic carboxylic acids is 1. The van der Waals surface area contributed by atoms with E-state index in [1.807, 2.05) is 0 Å². The predicted octanol–water partition coefficient (Wildman–Crippen LogP) is 3.93. The van der Waals surface area contributed by atoms with E-state index >= 15 is 0 Å². The fraction of sp³-hybridized carbons (Fsp3) is 0.176. The Labute approximate surface area is 162 Å². The van der Waals surface area contributed by atoms with Crippen LogP contribution in [0.1, 0.15) is 11.3 Å². The number of carbonyl (C=O) groups is 1. The number of halogens is 4. The molecule has 0 unspecified atom stereocenters. The quantitative estimate of drug-likeness (QED) is 0.631. The van der Waals surface area contributed by atoms with Crippen molar-refractivity contribution in [1.82, 2.24) is 9.55 Å². The minimum absolute atomic E-state index is 0.0165. The van der Waals surface area contributed by atoms with Gasteiger partial charge in [0.1, 0.15) is 16.6 Å². The van der Waals surface area contributed by atoms with Gasteiger partial charge in [-0.05, 0) is 37.3 Å². The standard InChI is InChI=1S/C17H12ClF3N2O4S/c1-9-15(14-12(6-7-22-16(14)18)23(9)8-13(24)25)28(26,27)11-4-2-10(3-5-11)17(19,20)21/h2-7H,8H2,1H3,(H,24,25). The molecule has 6 nitrogen and oxygen atoms in total. The largest absolute Gasteiger partial charge is 0.480 e. The summed E-state index contributed by atoms with van der Waals surface area (Å²) in [5.41, 5.74) is -0.659. The maximum Gasteiger partial charge on any atom is 0.416 e. The number of hydrogen-bond acceptors (Lipinski definition) is 4. The molecule has 3 rings (SSSR count). The third-order valence-electron chi connectivity index (χ3n) is 4.19. The molecule has 0 saturated heterocycles. The normalized spacial score (nSPS) is 12.5. The van der Waals surface area contributed by atoms with Crippen LogP contribution in [0.25, 0.3) is 10.9 Å². The second kappa shape index (κ2) is 6.78. The molecule has 0 saturated carbocycles. The molecular formula is C17H12ClF3N2O4S. The number of nitrogens with zero attached hydrogens (tertiary/aromatic N) is 2. The fourth-order valence-electron chi connectivity index (χ4n) is 2.95. The van der Waals surface area contributed by atoms with E-state index < -0.39 is 34.1 Å². The first-order chi connectivity index (χ1) is 12.9. The van der Waals surface area contributed by atoms with Crippen LogP contribution >= 0.6 is 11.6 Å². The van der Waals surface area contributed by atoms with Gasteiger partial charge in [0.25, 0.3) is 0 Å². The molecule has 0 amide bonds. The lowest BCUT2D eigenvalue weighted by Gasteiger charge is -2.09. The van der Waals surface area contributed by atoms with Crippen molar-refractivity contribution in [3.05, 3.63) is 52.9 Å².